The van der Waals surface area contributed by atoms with Crippen molar-refractivity contribution in [3.05, 3.63) is 23.8 Å². The lowest BCUT2D eigenvalue weighted by atomic mass is 9.83. The third kappa shape index (κ3) is 3.69. The first-order valence-electron chi connectivity index (χ1n) is 7.45. The van der Waals surface area contributed by atoms with Gasteiger partial charge in [-0.15, -0.1) is 0 Å². The first-order valence-corrected chi connectivity index (χ1v) is 7.45. The monoisotopic (exact) mass is 309 g/mol. The number of phenols is 2. The molecule has 6 nitrogen and oxygen atoms in total. The van der Waals surface area contributed by atoms with E-state index in [0.29, 0.717) is 0 Å². The zero-order chi connectivity index (χ0) is 16.3. The van der Waals surface area contributed by atoms with Gasteiger partial charge in [-0.05, 0) is 57.5 Å². The minimum Gasteiger partial charge on any atom is -0.504 e. The standard InChI is InChI=1S/C16H23NO5/c1-16(2,11-5-7-17-8-6-11)22-15(21)14(20)10-3-4-12(18)13(19)9-10/h3-4,9,11,14,17-20H,5-8H2,1-2H3. The van der Waals surface area contributed by atoms with Crippen LogP contribution in [0.3, 0.4) is 0 Å². The summed E-state index contributed by atoms with van der Waals surface area (Å²) in [4.78, 5) is 12.2. The molecule has 0 aromatic heterocycles. The largest absolute Gasteiger partial charge is 0.504 e. The van der Waals surface area contributed by atoms with Gasteiger partial charge in [0.2, 0.25) is 0 Å². The molecule has 0 saturated carbocycles. The molecule has 0 amide bonds. The number of hydrogen-bond donors (Lipinski definition) is 4. The molecule has 0 aliphatic carbocycles. The molecule has 1 aromatic rings. The van der Waals surface area contributed by atoms with E-state index < -0.39 is 17.7 Å². The van der Waals surface area contributed by atoms with Gasteiger partial charge >= 0.3 is 5.97 Å². The van der Waals surface area contributed by atoms with Gasteiger partial charge in [0, 0.05) is 5.92 Å². The molecule has 1 saturated heterocycles. The molecular weight excluding hydrogens is 286 g/mol. The minimum atomic E-state index is -1.49. The van der Waals surface area contributed by atoms with Crippen molar-refractivity contribution < 1.29 is 24.9 Å². The summed E-state index contributed by atoms with van der Waals surface area (Å²) in [6, 6.07) is 3.75. The smallest absolute Gasteiger partial charge is 0.340 e. The Morgan fingerprint density at radius 1 is 1.27 bits per heavy atom. The van der Waals surface area contributed by atoms with Crippen molar-refractivity contribution in [1.82, 2.24) is 5.32 Å². The normalized spacial score (nSPS) is 18.0. The molecule has 6 heteroatoms. The molecular formula is C16H23NO5. The van der Waals surface area contributed by atoms with Crippen LogP contribution in [-0.4, -0.2) is 40.0 Å². The van der Waals surface area contributed by atoms with Crippen molar-refractivity contribution in [3.63, 3.8) is 0 Å². The van der Waals surface area contributed by atoms with Gasteiger partial charge in [0.05, 0.1) is 0 Å². The van der Waals surface area contributed by atoms with Gasteiger partial charge < -0.3 is 25.4 Å². The lowest BCUT2D eigenvalue weighted by Gasteiger charge is -2.37. The van der Waals surface area contributed by atoms with Crippen LogP contribution in [-0.2, 0) is 9.53 Å². The van der Waals surface area contributed by atoms with Crippen LogP contribution >= 0.6 is 0 Å². The van der Waals surface area contributed by atoms with Gasteiger partial charge in [0.1, 0.15) is 5.60 Å². The summed E-state index contributed by atoms with van der Waals surface area (Å²) in [5, 5.41) is 32.1. The number of rotatable bonds is 4. The van der Waals surface area contributed by atoms with E-state index in [1.807, 2.05) is 13.8 Å². The van der Waals surface area contributed by atoms with Crippen LogP contribution in [0.5, 0.6) is 11.5 Å². The molecule has 1 aliphatic rings. The molecule has 0 bridgehead atoms. The number of aromatic hydroxyl groups is 2. The van der Waals surface area contributed by atoms with Gasteiger partial charge in [0.15, 0.2) is 17.6 Å². The summed E-state index contributed by atoms with van der Waals surface area (Å²) in [5.41, 5.74) is -0.486. The van der Waals surface area contributed by atoms with Crippen molar-refractivity contribution in [1.29, 1.82) is 0 Å². The Morgan fingerprint density at radius 2 is 1.91 bits per heavy atom. The summed E-state index contributed by atoms with van der Waals surface area (Å²) in [6.07, 6.45) is 0.333. The van der Waals surface area contributed by atoms with Gasteiger partial charge in [-0.25, -0.2) is 4.79 Å². The molecule has 1 unspecified atom stereocenters. The highest BCUT2D eigenvalue weighted by Crippen LogP contribution is 2.32. The predicted octanol–water partition coefficient (Wildman–Crippen LogP) is 1.45. The Morgan fingerprint density at radius 3 is 2.50 bits per heavy atom. The summed E-state index contributed by atoms with van der Waals surface area (Å²) < 4.78 is 5.50. The molecule has 1 heterocycles. The zero-order valence-corrected chi connectivity index (χ0v) is 12.9. The fourth-order valence-electron chi connectivity index (χ4n) is 2.76. The highest BCUT2D eigenvalue weighted by molar-refractivity contribution is 5.77. The quantitative estimate of drug-likeness (QED) is 0.496. The van der Waals surface area contributed by atoms with E-state index in [1.54, 1.807) is 0 Å². The van der Waals surface area contributed by atoms with Gasteiger partial charge in [0.25, 0.3) is 0 Å². The summed E-state index contributed by atoms with van der Waals surface area (Å²) in [5.74, 6) is -1.21. The number of carbonyl (C=O) groups excluding carboxylic acids is 1. The molecule has 4 N–H and O–H groups in total. The molecule has 2 rings (SSSR count). The Labute approximate surface area is 129 Å². The fraction of sp³-hybridized carbons (Fsp3) is 0.562. The SMILES string of the molecule is CC(C)(OC(=O)C(O)c1ccc(O)c(O)c1)C1CCNCC1. The average molecular weight is 309 g/mol. The molecule has 1 atom stereocenters. The Balaban J connectivity index is 2.05. The van der Waals surface area contributed by atoms with E-state index >= 15 is 0 Å². The van der Waals surface area contributed by atoms with Crippen molar-refractivity contribution in [2.75, 3.05) is 13.1 Å². The third-order valence-electron chi connectivity index (χ3n) is 4.22. The van der Waals surface area contributed by atoms with Crippen molar-refractivity contribution in [2.45, 2.75) is 38.4 Å². The molecule has 1 fully saturated rings. The molecule has 22 heavy (non-hydrogen) atoms. The topological polar surface area (TPSA) is 99.0 Å². The Hall–Kier alpha value is -1.79. The van der Waals surface area contributed by atoms with Crippen LogP contribution in [0.25, 0.3) is 0 Å². The zero-order valence-electron chi connectivity index (χ0n) is 12.9. The van der Waals surface area contributed by atoms with E-state index in [0.717, 1.165) is 32.0 Å². The number of nitrogens with one attached hydrogen (secondary N) is 1. The molecule has 0 radical (unpaired) electrons. The third-order valence-corrected chi connectivity index (χ3v) is 4.22. The highest BCUT2D eigenvalue weighted by Gasteiger charge is 2.36. The maximum atomic E-state index is 12.2. The van der Waals surface area contributed by atoms with Gasteiger partial charge in [-0.1, -0.05) is 6.07 Å². The maximum absolute atomic E-state index is 12.2. The summed E-state index contributed by atoms with van der Waals surface area (Å²) in [7, 11) is 0. The van der Waals surface area contributed by atoms with Gasteiger partial charge in [-0.2, -0.15) is 0 Å². The molecule has 1 aliphatic heterocycles. The second-order valence-electron chi connectivity index (χ2n) is 6.20. The first-order chi connectivity index (χ1) is 10.3. The van der Waals surface area contributed by atoms with Crippen LogP contribution in [0.15, 0.2) is 18.2 Å². The number of aliphatic hydroxyl groups is 1. The van der Waals surface area contributed by atoms with Crippen LogP contribution in [0.4, 0.5) is 0 Å². The second kappa shape index (κ2) is 6.54. The lowest BCUT2D eigenvalue weighted by Crippen LogP contribution is -2.43. The van der Waals surface area contributed by atoms with E-state index in [2.05, 4.69) is 5.32 Å². The number of phenolic OH excluding ortho intramolecular Hbond substituents is 2. The molecule has 0 spiro atoms. The number of esters is 1. The number of benzene rings is 1. The van der Waals surface area contributed by atoms with Crippen LogP contribution in [0.1, 0.15) is 38.4 Å². The van der Waals surface area contributed by atoms with E-state index in [9.17, 15) is 20.1 Å². The number of carbonyl (C=O) groups is 1. The number of piperidine rings is 1. The maximum Gasteiger partial charge on any atom is 0.340 e. The first kappa shape index (κ1) is 16.6. The molecule has 1 aromatic carbocycles. The highest BCUT2D eigenvalue weighted by atomic mass is 16.6. The minimum absolute atomic E-state index is 0.182. The number of hydrogen-bond acceptors (Lipinski definition) is 6. The number of ether oxygens (including phenoxy) is 1. The fourth-order valence-corrected chi connectivity index (χ4v) is 2.76. The predicted molar refractivity (Wildman–Crippen MR) is 80.5 cm³/mol. The van der Waals surface area contributed by atoms with Crippen molar-refractivity contribution >= 4 is 5.97 Å². The van der Waals surface area contributed by atoms with Crippen LogP contribution < -0.4 is 5.32 Å². The lowest BCUT2D eigenvalue weighted by molar-refractivity contribution is -0.173. The van der Waals surface area contributed by atoms with Crippen LogP contribution in [0, 0.1) is 5.92 Å². The van der Waals surface area contributed by atoms with E-state index in [4.69, 9.17) is 4.74 Å². The van der Waals surface area contributed by atoms with Crippen molar-refractivity contribution in [3.8, 4) is 11.5 Å². The average Bonchev–Trinajstić information content (AvgIpc) is 2.49. The summed E-state index contributed by atoms with van der Waals surface area (Å²) >= 11 is 0. The van der Waals surface area contributed by atoms with E-state index in [1.165, 1.54) is 12.1 Å². The van der Waals surface area contributed by atoms with Gasteiger partial charge in [-0.3, -0.25) is 0 Å². The van der Waals surface area contributed by atoms with Crippen molar-refractivity contribution in [2.24, 2.45) is 5.92 Å². The second-order valence-corrected chi connectivity index (χ2v) is 6.20. The Bertz CT molecular complexity index is 537. The van der Waals surface area contributed by atoms with Crippen LogP contribution in [0.2, 0.25) is 0 Å². The Kier molecular flexibility index (Phi) is 4.93. The molecule has 122 valence electrons. The summed E-state index contributed by atoms with van der Waals surface area (Å²) in [6.45, 7) is 5.48. The van der Waals surface area contributed by atoms with E-state index in [-0.39, 0.29) is 23.0 Å². The number of aliphatic hydroxyl groups excluding tert-OH is 1.